The van der Waals surface area contributed by atoms with E-state index in [1.54, 1.807) is 0 Å². The maximum absolute atomic E-state index is 13.7. The Balaban J connectivity index is 1.67. The van der Waals surface area contributed by atoms with Gasteiger partial charge in [0.15, 0.2) is 5.81 Å². The van der Waals surface area contributed by atoms with Crippen LogP contribution in [0, 0.1) is 5.41 Å². The van der Waals surface area contributed by atoms with Crippen molar-refractivity contribution in [1.29, 1.82) is 0 Å². The van der Waals surface area contributed by atoms with Crippen LogP contribution in [0.1, 0.15) is 103 Å². The molecular formula is C36H58BN3O2S. The molecule has 0 radical (unpaired) electrons. The third-order valence-corrected chi connectivity index (χ3v) is 11.5. The molecule has 3 rings (SSSR count). The topological polar surface area (TPSA) is 43.9 Å². The van der Waals surface area contributed by atoms with Crippen molar-refractivity contribution in [2.45, 2.75) is 118 Å². The molecule has 2 aromatic rings. The number of hydrogen-bond acceptors (Lipinski definition) is 4. The molecule has 1 aromatic heterocycles. The third kappa shape index (κ3) is 8.54. The highest BCUT2D eigenvalue weighted by molar-refractivity contribution is 7.09. The second-order valence-corrected chi connectivity index (χ2v) is 14.3. The van der Waals surface area contributed by atoms with Gasteiger partial charge in [-0.2, -0.15) is 0 Å². The van der Waals surface area contributed by atoms with Gasteiger partial charge in [0.05, 0.1) is 0 Å². The lowest BCUT2D eigenvalue weighted by atomic mass is 9.64. The predicted octanol–water partition coefficient (Wildman–Crippen LogP) is 6.91. The van der Waals surface area contributed by atoms with Crippen LogP contribution >= 0.6 is 11.3 Å². The Morgan fingerprint density at radius 2 is 1.74 bits per heavy atom. The van der Waals surface area contributed by atoms with Crippen LogP contribution in [0.5, 0.6) is 0 Å². The van der Waals surface area contributed by atoms with Crippen LogP contribution < -0.4 is 5.46 Å². The number of hydrogen-bond donors (Lipinski definition) is 0. The molecule has 1 unspecified atom stereocenters. The highest BCUT2D eigenvalue weighted by Gasteiger charge is 2.45. The maximum atomic E-state index is 13.7. The Labute approximate surface area is 267 Å². The number of benzene rings is 1. The van der Waals surface area contributed by atoms with Crippen molar-refractivity contribution in [2.75, 3.05) is 32.7 Å². The lowest BCUT2D eigenvalue weighted by Gasteiger charge is -2.52. The lowest BCUT2D eigenvalue weighted by molar-refractivity contribution is -0.142. The molecule has 0 saturated carbocycles. The number of carbonyl (C=O) groups excluding carboxylic acids is 2. The van der Waals surface area contributed by atoms with Crippen LogP contribution in [0.3, 0.4) is 0 Å². The molecule has 1 heterocycles. The molecule has 1 aliphatic rings. The second kappa shape index (κ2) is 16.3. The van der Waals surface area contributed by atoms with Crippen molar-refractivity contribution in [3.63, 3.8) is 0 Å². The first-order valence-electron chi connectivity index (χ1n) is 17.0. The monoisotopic (exact) mass is 607 g/mol. The Morgan fingerprint density at radius 3 is 2.35 bits per heavy atom. The fraction of sp³-hybridized carbons (Fsp3) is 0.667. The van der Waals surface area contributed by atoms with E-state index in [9.17, 15) is 9.59 Å². The largest absolute Gasteiger partial charge is 0.351 e. The SMILES string of the molecule is CCCN(CCc1cccs1)[C@@H]1CCc2c(BC(=O)N(CC)CCC(C)(C)C(C)(CC)N(CC)C(=O)CC)cccc2C1. The van der Waals surface area contributed by atoms with E-state index in [0.29, 0.717) is 39.4 Å². The number of nitrogens with zero attached hydrogens (tertiary/aromatic N) is 3. The Bertz CT molecular complexity index is 1170. The van der Waals surface area contributed by atoms with Crippen molar-refractivity contribution in [2.24, 2.45) is 5.41 Å². The summed E-state index contributed by atoms with van der Waals surface area (Å²) in [6.45, 7) is 21.7. The molecule has 43 heavy (non-hydrogen) atoms. The van der Waals surface area contributed by atoms with Crippen LogP contribution in [-0.2, 0) is 24.1 Å². The zero-order valence-corrected chi connectivity index (χ0v) is 29.3. The first-order chi connectivity index (χ1) is 20.5. The number of amides is 2. The van der Waals surface area contributed by atoms with E-state index in [0.717, 1.165) is 51.6 Å². The van der Waals surface area contributed by atoms with Gasteiger partial charge in [-0.3, -0.25) is 14.5 Å². The number of thiophene rings is 1. The molecule has 0 bridgehead atoms. The molecule has 238 valence electrons. The molecule has 0 saturated heterocycles. The van der Waals surface area contributed by atoms with Gasteiger partial charge < -0.3 is 9.80 Å². The van der Waals surface area contributed by atoms with E-state index in [1.165, 1.54) is 27.9 Å². The lowest BCUT2D eigenvalue weighted by Crippen LogP contribution is -2.58. The van der Waals surface area contributed by atoms with Crippen molar-refractivity contribution < 1.29 is 9.59 Å². The van der Waals surface area contributed by atoms with Gasteiger partial charge in [0.25, 0.3) is 7.28 Å². The molecule has 1 aromatic carbocycles. The average molecular weight is 608 g/mol. The molecule has 7 heteroatoms. The minimum absolute atomic E-state index is 0.134. The number of fused-ring (bicyclic) bond motifs is 1. The Morgan fingerprint density at radius 1 is 0.977 bits per heavy atom. The quantitative estimate of drug-likeness (QED) is 0.184. The molecule has 0 fully saturated rings. The van der Waals surface area contributed by atoms with E-state index in [-0.39, 0.29) is 22.7 Å². The Kier molecular flexibility index (Phi) is 13.4. The van der Waals surface area contributed by atoms with E-state index in [1.807, 2.05) is 23.2 Å². The van der Waals surface area contributed by atoms with Gasteiger partial charge >= 0.3 is 0 Å². The van der Waals surface area contributed by atoms with Gasteiger partial charge in [-0.25, -0.2) is 0 Å². The van der Waals surface area contributed by atoms with Crippen molar-refractivity contribution >= 4 is 35.8 Å². The molecule has 0 aliphatic heterocycles. The first kappa shape index (κ1) is 35.4. The summed E-state index contributed by atoms with van der Waals surface area (Å²) in [7, 11) is 0.472. The maximum Gasteiger partial charge on any atom is 0.267 e. The van der Waals surface area contributed by atoms with E-state index in [2.05, 4.69) is 94.0 Å². The standard InChI is InChI=1S/C36H58BN3O2S/c1-9-23-39(24-21-30-17-15-26-43-30)29-19-20-31-28(27-29)16-14-18-32(31)37-34(42)38(12-4)25-22-35(6,7)36(8,11-3)40(13-5)33(41)10-2/h14-18,26,29,37H,9-13,19-25,27H2,1-8H3/t29-,36?/m1/s1. The summed E-state index contributed by atoms with van der Waals surface area (Å²) in [5.41, 5.74) is 3.66. The molecule has 2 atom stereocenters. The van der Waals surface area contributed by atoms with Crippen LogP contribution in [-0.4, -0.2) is 78.0 Å². The normalized spacial score (nSPS) is 16.4. The minimum atomic E-state index is -0.262. The predicted molar refractivity (Wildman–Crippen MR) is 186 cm³/mol. The van der Waals surface area contributed by atoms with Gasteiger partial charge in [0, 0.05) is 49.1 Å². The number of rotatable bonds is 17. The van der Waals surface area contributed by atoms with E-state index < -0.39 is 0 Å². The van der Waals surface area contributed by atoms with Crippen molar-refractivity contribution in [3.8, 4) is 0 Å². The van der Waals surface area contributed by atoms with Crippen LogP contribution in [0.25, 0.3) is 0 Å². The van der Waals surface area contributed by atoms with Crippen molar-refractivity contribution in [1.82, 2.24) is 14.7 Å². The summed E-state index contributed by atoms with van der Waals surface area (Å²) in [6.07, 6.45) is 7.86. The van der Waals surface area contributed by atoms with Gasteiger partial charge in [-0.05, 0) is 100 Å². The van der Waals surface area contributed by atoms with E-state index in [4.69, 9.17) is 0 Å². The third-order valence-electron chi connectivity index (χ3n) is 10.6. The smallest absolute Gasteiger partial charge is 0.267 e. The fourth-order valence-corrected chi connectivity index (χ4v) is 7.96. The summed E-state index contributed by atoms with van der Waals surface area (Å²) in [5.74, 6) is 0.423. The summed E-state index contributed by atoms with van der Waals surface area (Å²) in [5, 5.41) is 2.18. The highest BCUT2D eigenvalue weighted by Crippen LogP contribution is 2.42. The molecule has 5 nitrogen and oxygen atoms in total. The molecule has 0 N–H and O–H groups in total. The highest BCUT2D eigenvalue weighted by atomic mass is 32.1. The van der Waals surface area contributed by atoms with Gasteiger partial charge in [-0.1, -0.05) is 64.3 Å². The molecule has 2 amide bonds. The zero-order valence-electron chi connectivity index (χ0n) is 28.5. The number of carbonyl (C=O) groups is 2. The van der Waals surface area contributed by atoms with Gasteiger partial charge in [0.2, 0.25) is 5.91 Å². The summed E-state index contributed by atoms with van der Waals surface area (Å²) >= 11 is 1.86. The van der Waals surface area contributed by atoms with Gasteiger partial charge in [-0.15, -0.1) is 11.3 Å². The average Bonchev–Trinajstić information content (AvgIpc) is 3.53. The van der Waals surface area contributed by atoms with Crippen LogP contribution in [0.2, 0.25) is 0 Å². The molecular weight excluding hydrogens is 549 g/mol. The van der Waals surface area contributed by atoms with E-state index >= 15 is 0 Å². The summed E-state index contributed by atoms with van der Waals surface area (Å²) in [4.78, 5) is 34.9. The van der Waals surface area contributed by atoms with Crippen LogP contribution in [0.4, 0.5) is 4.79 Å². The fourth-order valence-electron chi connectivity index (χ4n) is 7.26. The summed E-state index contributed by atoms with van der Waals surface area (Å²) < 4.78 is 0. The van der Waals surface area contributed by atoms with Crippen LogP contribution in [0.15, 0.2) is 35.7 Å². The second-order valence-electron chi connectivity index (χ2n) is 13.2. The first-order valence-corrected chi connectivity index (χ1v) is 17.9. The van der Waals surface area contributed by atoms with Gasteiger partial charge in [0.1, 0.15) is 0 Å². The minimum Gasteiger partial charge on any atom is -0.351 e. The molecule has 0 spiro atoms. The zero-order chi connectivity index (χ0) is 31.6. The molecule has 1 aliphatic carbocycles. The Hall–Kier alpha value is -2.12. The van der Waals surface area contributed by atoms with Crippen molar-refractivity contribution in [3.05, 3.63) is 51.7 Å². The summed E-state index contributed by atoms with van der Waals surface area (Å²) in [6, 6.07) is 11.6.